The molecule has 1 aliphatic heterocycles. The normalized spacial score (nSPS) is 14.5. The molecule has 1 aliphatic rings. The Morgan fingerprint density at radius 2 is 2.06 bits per heavy atom. The Morgan fingerprint density at radius 3 is 2.69 bits per heavy atom. The first kappa shape index (κ1) is 10.9. The second-order valence-corrected chi connectivity index (χ2v) is 5.81. The highest BCUT2D eigenvalue weighted by molar-refractivity contribution is 7.92. The highest BCUT2D eigenvalue weighted by Crippen LogP contribution is 2.28. The van der Waals surface area contributed by atoms with Gasteiger partial charge in [0.05, 0.1) is 18.4 Å². The van der Waals surface area contributed by atoms with Crippen molar-refractivity contribution >= 4 is 27.3 Å². The Balaban J connectivity index is 2.40. The summed E-state index contributed by atoms with van der Waals surface area (Å²) in [4.78, 5) is 11.1. The van der Waals surface area contributed by atoms with Crippen molar-refractivity contribution in [2.75, 3.05) is 22.9 Å². The van der Waals surface area contributed by atoms with E-state index in [9.17, 15) is 13.2 Å². The molecule has 1 heterocycles. The maximum atomic E-state index is 11.3. The van der Waals surface area contributed by atoms with E-state index < -0.39 is 10.0 Å². The maximum absolute atomic E-state index is 11.3. The van der Waals surface area contributed by atoms with Crippen LogP contribution in [0.25, 0.3) is 0 Å². The average Bonchev–Trinajstić information content (AvgIpc) is 2.54. The smallest absolute Gasteiger partial charge is 0.231 e. The Labute approximate surface area is 94.1 Å². The van der Waals surface area contributed by atoms with Gasteiger partial charge in [-0.2, -0.15) is 0 Å². The lowest BCUT2D eigenvalue weighted by Crippen LogP contribution is -2.24. The molecule has 0 spiro atoms. The molecule has 0 aliphatic carbocycles. The van der Waals surface area contributed by atoms with Gasteiger partial charge in [-0.15, -0.1) is 0 Å². The van der Waals surface area contributed by atoms with Crippen LogP contribution < -0.4 is 9.62 Å². The number of sulfonamides is 1. The molecule has 0 radical (unpaired) electrons. The van der Waals surface area contributed by atoms with E-state index in [1.165, 1.54) is 11.4 Å². The van der Waals surface area contributed by atoms with Crippen molar-refractivity contribution < 1.29 is 13.2 Å². The van der Waals surface area contributed by atoms with Crippen molar-refractivity contribution in [2.45, 2.75) is 6.42 Å². The molecule has 0 fully saturated rings. The van der Waals surface area contributed by atoms with Crippen LogP contribution in [0.15, 0.2) is 18.2 Å². The standard InChI is InChI=1S/C10H12N2O3S/c1-12(16(2,14)15)8-3-4-9-7(5-8)6-10(13)11-9/h3-5H,6H2,1-2H3,(H,11,13). The lowest BCUT2D eigenvalue weighted by atomic mass is 10.1. The van der Waals surface area contributed by atoms with Crippen LogP contribution in [0.4, 0.5) is 11.4 Å². The molecule has 0 atom stereocenters. The van der Waals surface area contributed by atoms with E-state index >= 15 is 0 Å². The SMILES string of the molecule is CN(c1ccc2c(c1)CC(=O)N2)S(C)(=O)=O. The third-order valence-electron chi connectivity index (χ3n) is 2.57. The second kappa shape index (κ2) is 3.48. The van der Waals surface area contributed by atoms with Crippen LogP contribution in [0, 0.1) is 0 Å². The summed E-state index contributed by atoms with van der Waals surface area (Å²) in [7, 11) is -1.77. The first-order valence-electron chi connectivity index (χ1n) is 4.74. The number of anilines is 2. The maximum Gasteiger partial charge on any atom is 0.231 e. The van der Waals surface area contributed by atoms with Gasteiger partial charge in [-0.05, 0) is 23.8 Å². The number of nitrogens with zero attached hydrogens (tertiary/aromatic N) is 1. The van der Waals surface area contributed by atoms with Crippen LogP contribution in [-0.4, -0.2) is 27.6 Å². The topological polar surface area (TPSA) is 66.5 Å². The summed E-state index contributed by atoms with van der Waals surface area (Å²) >= 11 is 0. The summed E-state index contributed by atoms with van der Waals surface area (Å²) in [6, 6.07) is 5.11. The summed E-state index contributed by atoms with van der Waals surface area (Å²) in [5.74, 6) is -0.0610. The minimum absolute atomic E-state index is 0.0610. The van der Waals surface area contributed by atoms with E-state index in [0.717, 1.165) is 17.5 Å². The fraction of sp³-hybridized carbons (Fsp3) is 0.300. The minimum atomic E-state index is -3.26. The van der Waals surface area contributed by atoms with Crippen molar-refractivity contribution in [2.24, 2.45) is 0 Å². The quantitative estimate of drug-likeness (QED) is 0.822. The van der Waals surface area contributed by atoms with Crippen LogP contribution in [-0.2, 0) is 21.2 Å². The Hall–Kier alpha value is -1.56. The zero-order valence-electron chi connectivity index (χ0n) is 9.02. The molecule has 0 bridgehead atoms. The van der Waals surface area contributed by atoms with E-state index in [1.807, 2.05) is 0 Å². The van der Waals surface area contributed by atoms with Crippen LogP contribution in [0.5, 0.6) is 0 Å². The number of amides is 1. The fourth-order valence-electron chi connectivity index (χ4n) is 1.60. The van der Waals surface area contributed by atoms with Gasteiger partial charge in [0.15, 0.2) is 0 Å². The second-order valence-electron chi connectivity index (χ2n) is 3.80. The van der Waals surface area contributed by atoms with Crippen LogP contribution in [0.2, 0.25) is 0 Å². The van der Waals surface area contributed by atoms with Gasteiger partial charge < -0.3 is 5.32 Å². The third kappa shape index (κ3) is 1.88. The lowest BCUT2D eigenvalue weighted by molar-refractivity contribution is -0.115. The van der Waals surface area contributed by atoms with Gasteiger partial charge >= 0.3 is 0 Å². The zero-order chi connectivity index (χ0) is 11.9. The number of benzene rings is 1. The summed E-state index contributed by atoms with van der Waals surface area (Å²) < 4.78 is 23.9. The summed E-state index contributed by atoms with van der Waals surface area (Å²) in [5, 5.41) is 2.70. The number of fused-ring (bicyclic) bond motifs is 1. The Kier molecular flexibility index (Phi) is 2.38. The zero-order valence-corrected chi connectivity index (χ0v) is 9.84. The lowest BCUT2D eigenvalue weighted by Gasteiger charge is -2.17. The predicted octanol–water partition coefficient (Wildman–Crippen LogP) is 0.577. The van der Waals surface area contributed by atoms with E-state index in [1.54, 1.807) is 18.2 Å². The predicted molar refractivity (Wildman–Crippen MR) is 62.0 cm³/mol. The van der Waals surface area contributed by atoms with Crippen LogP contribution in [0.1, 0.15) is 5.56 Å². The van der Waals surface area contributed by atoms with E-state index in [2.05, 4.69) is 5.32 Å². The van der Waals surface area contributed by atoms with E-state index in [4.69, 9.17) is 0 Å². The molecule has 86 valence electrons. The molecule has 1 amide bonds. The molecule has 0 unspecified atom stereocenters. The number of nitrogens with one attached hydrogen (secondary N) is 1. The number of hydrogen-bond acceptors (Lipinski definition) is 3. The molecule has 5 nitrogen and oxygen atoms in total. The van der Waals surface area contributed by atoms with Crippen molar-refractivity contribution in [3.05, 3.63) is 23.8 Å². The van der Waals surface area contributed by atoms with Crippen molar-refractivity contribution in [3.63, 3.8) is 0 Å². The highest BCUT2D eigenvalue weighted by atomic mass is 32.2. The number of carbonyl (C=O) groups is 1. The van der Waals surface area contributed by atoms with Crippen molar-refractivity contribution in [1.82, 2.24) is 0 Å². The number of hydrogen-bond donors (Lipinski definition) is 1. The minimum Gasteiger partial charge on any atom is -0.326 e. The average molecular weight is 240 g/mol. The summed E-state index contributed by atoms with van der Waals surface area (Å²) in [6.45, 7) is 0. The van der Waals surface area contributed by atoms with Gasteiger partial charge in [0.25, 0.3) is 0 Å². The first-order valence-corrected chi connectivity index (χ1v) is 6.59. The largest absolute Gasteiger partial charge is 0.326 e. The summed E-state index contributed by atoms with van der Waals surface area (Å²) in [5.41, 5.74) is 2.16. The Morgan fingerprint density at radius 1 is 1.38 bits per heavy atom. The molecule has 0 aromatic heterocycles. The summed E-state index contributed by atoms with van der Waals surface area (Å²) in [6.07, 6.45) is 1.45. The van der Waals surface area contributed by atoms with Crippen LogP contribution in [0.3, 0.4) is 0 Å². The fourth-order valence-corrected chi connectivity index (χ4v) is 2.10. The number of rotatable bonds is 2. The van der Waals surface area contributed by atoms with Gasteiger partial charge in [0, 0.05) is 12.7 Å². The van der Waals surface area contributed by atoms with E-state index in [-0.39, 0.29) is 5.91 Å². The van der Waals surface area contributed by atoms with Gasteiger partial charge in [0.1, 0.15) is 0 Å². The molecule has 1 aromatic rings. The van der Waals surface area contributed by atoms with E-state index in [0.29, 0.717) is 12.1 Å². The van der Waals surface area contributed by atoms with Crippen molar-refractivity contribution in [3.8, 4) is 0 Å². The number of carbonyl (C=O) groups excluding carboxylic acids is 1. The Bertz CT molecular complexity index is 551. The molecular weight excluding hydrogens is 228 g/mol. The molecule has 0 saturated carbocycles. The van der Waals surface area contributed by atoms with Gasteiger partial charge in [0.2, 0.25) is 15.9 Å². The molecule has 6 heteroatoms. The molecule has 1 aromatic carbocycles. The monoisotopic (exact) mass is 240 g/mol. The van der Waals surface area contributed by atoms with Crippen LogP contribution >= 0.6 is 0 Å². The first-order chi connectivity index (χ1) is 7.38. The van der Waals surface area contributed by atoms with Gasteiger partial charge in [-0.1, -0.05) is 0 Å². The van der Waals surface area contributed by atoms with Gasteiger partial charge in [-0.3, -0.25) is 9.10 Å². The molecule has 2 rings (SSSR count). The highest BCUT2D eigenvalue weighted by Gasteiger charge is 2.20. The molecular formula is C10H12N2O3S. The molecule has 16 heavy (non-hydrogen) atoms. The third-order valence-corrected chi connectivity index (χ3v) is 3.78. The molecule has 1 N–H and O–H groups in total. The van der Waals surface area contributed by atoms with Crippen molar-refractivity contribution in [1.29, 1.82) is 0 Å². The molecule has 0 saturated heterocycles. The van der Waals surface area contributed by atoms with Gasteiger partial charge in [-0.25, -0.2) is 8.42 Å².